The van der Waals surface area contributed by atoms with Crippen LogP contribution in [-0.4, -0.2) is 0 Å². The minimum Gasteiger partial charge on any atom is -0.480 e. The maximum Gasteiger partial charge on any atom is 0.122 e. The smallest absolute Gasteiger partial charge is 0.122 e. The van der Waals surface area contributed by atoms with E-state index >= 15 is 0 Å². The van der Waals surface area contributed by atoms with E-state index in [2.05, 4.69) is 9.47 Å². The SMILES string of the molecule is Cl.Cl.POc1ccccc1. The maximum atomic E-state index is 4.83. The first-order valence-electron chi connectivity index (χ1n) is 2.35. The van der Waals surface area contributed by atoms with Gasteiger partial charge in [-0.15, -0.1) is 24.8 Å². The molecule has 0 aliphatic heterocycles. The Morgan fingerprint density at radius 2 is 1.50 bits per heavy atom. The van der Waals surface area contributed by atoms with Crippen LogP contribution in [0.2, 0.25) is 0 Å². The van der Waals surface area contributed by atoms with Gasteiger partial charge in [-0.3, -0.25) is 0 Å². The molecule has 1 aromatic carbocycles. The lowest BCUT2D eigenvalue weighted by atomic mass is 10.3. The average molecular weight is 199 g/mol. The summed E-state index contributed by atoms with van der Waals surface area (Å²) in [6.45, 7) is 0. The van der Waals surface area contributed by atoms with Crippen molar-refractivity contribution in [3.63, 3.8) is 0 Å². The molecule has 0 saturated heterocycles. The van der Waals surface area contributed by atoms with Crippen LogP contribution in [0.5, 0.6) is 5.75 Å². The molecule has 0 spiro atoms. The average Bonchev–Trinajstić information content (AvgIpc) is 1.90. The van der Waals surface area contributed by atoms with Gasteiger partial charge in [0.25, 0.3) is 0 Å². The van der Waals surface area contributed by atoms with E-state index in [0.29, 0.717) is 0 Å². The topological polar surface area (TPSA) is 9.23 Å². The van der Waals surface area contributed by atoms with Crippen molar-refractivity contribution in [1.29, 1.82) is 0 Å². The van der Waals surface area contributed by atoms with Crippen molar-refractivity contribution in [3.05, 3.63) is 30.3 Å². The lowest BCUT2D eigenvalue weighted by Gasteiger charge is -1.93. The summed E-state index contributed by atoms with van der Waals surface area (Å²) < 4.78 is 4.83. The van der Waals surface area contributed by atoms with Crippen molar-refractivity contribution in [1.82, 2.24) is 0 Å². The molecular formula is C6H9Cl2OP. The quantitative estimate of drug-likeness (QED) is 0.631. The molecule has 0 N–H and O–H groups in total. The maximum absolute atomic E-state index is 4.83. The Morgan fingerprint density at radius 1 is 1.00 bits per heavy atom. The summed E-state index contributed by atoms with van der Waals surface area (Å²) in [6.07, 6.45) is 0. The Morgan fingerprint density at radius 3 is 1.80 bits per heavy atom. The van der Waals surface area contributed by atoms with Crippen molar-refractivity contribution in [2.45, 2.75) is 0 Å². The second-order valence-corrected chi connectivity index (χ2v) is 1.67. The molecule has 1 aromatic rings. The predicted octanol–water partition coefficient (Wildman–Crippen LogP) is 2.70. The van der Waals surface area contributed by atoms with Gasteiger partial charge in [0.1, 0.15) is 5.75 Å². The summed E-state index contributed by atoms with van der Waals surface area (Å²) in [7, 11) is 2.19. The lowest BCUT2D eigenvalue weighted by Crippen LogP contribution is -1.68. The molecule has 4 heteroatoms. The van der Waals surface area contributed by atoms with Crippen molar-refractivity contribution in [2.24, 2.45) is 0 Å². The molecule has 0 aliphatic rings. The van der Waals surface area contributed by atoms with Gasteiger partial charge in [-0.05, 0) is 12.1 Å². The number of para-hydroxylation sites is 1. The zero-order valence-corrected chi connectivity index (χ0v) is 7.98. The van der Waals surface area contributed by atoms with E-state index in [-0.39, 0.29) is 24.8 Å². The molecule has 0 aromatic heterocycles. The molecule has 0 fully saturated rings. The van der Waals surface area contributed by atoms with Crippen molar-refractivity contribution in [3.8, 4) is 5.75 Å². The molecule has 1 nitrogen and oxygen atoms in total. The second-order valence-electron chi connectivity index (χ2n) is 1.43. The van der Waals surface area contributed by atoms with Gasteiger partial charge in [0.05, 0.1) is 9.47 Å². The minimum atomic E-state index is 0. The van der Waals surface area contributed by atoms with Crippen molar-refractivity contribution in [2.75, 3.05) is 0 Å². The summed E-state index contributed by atoms with van der Waals surface area (Å²) in [5, 5.41) is 0. The van der Waals surface area contributed by atoms with Crippen LogP contribution in [0.25, 0.3) is 0 Å². The molecule has 0 heterocycles. The van der Waals surface area contributed by atoms with Crippen LogP contribution in [0.3, 0.4) is 0 Å². The third kappa shape index (κ3) is 3.94. The van der Waals surface area contributed by atoms with Crippen LogP contribution < -0.4 is 4.52 Å². The van der Waals surface area contributed by atoms with Crippen LogP contribution in [0, 0.1) is 0 Å². The van der Waals surface area contributed by atoms with Gasteiger partial charge >= 0.3 is 0 Å². The monoisotopic (exact) mass is 198 g/mol. The Bertz CT molecular complexity index is 157. The fourth-order valence-electron chi connectivity index (χ4n) is 0.499. The second kappa shape index (κ2) is 7.14. The minimum absolute atomic E-state index is 0. The van der Waals surface area contributed by atoms with Crippen molar-refractivity contribution >= 4 is 34.3 Å². The summed E-state index contributed by atoms with van der Waals surface area (Å²) in [6, 6.07) is 9.60. The van der Waals surface area contributed by atoms with Gasteiger partial charge in [-0.1, -0.05) is 18.2 Å². The highest BCUT2D eigenvalue weighted by Crippen LogP contribution is 2.09. The first-order chi connectivity index (χ1) is 3.93. The third-order valence-electron chi connectivity index (χ3n) is 0.879. The van der Waals surface area contributed by atoms with Gasteiger partial charge in [-0.2, -0.15) is 0 Å². The zero-order valence-electron chi connectivity index (χ0n) is 5.19. The van der Waals surface area contributed by atoms with Crippen LogP contribution in [0.1, 0.15) is 0 Å². The highest BCUT2D eigenvalue weighted by atomic mass is 35.5. The molecule has 58 valence electrons. The standard InChI is InChI=1S/C6H7OP.2ClH/c8-7-6-4-2-1-3-5-6;;/h1-5H,8H2;2*1H. The van der Waals surface area contributed by atoms with E-state index in [1.807, 2.05) is 30.3 Å². The zero-order chi connectivity index (χ0) is 5.82. The number of hydrogen-bond donors (Lipinski definition) is 0. The fraction of sp³-hybridized carbons (Fsp3) is 0. The normalized spacial score (nSPS) is 6.90. The molecule has 1 unspecified atom stereocenters. The lowest BCUT2D eigenvalue weighted by molar-refractivity contribution is 0.646. The van der Waals surface area contributed by atoms with Crippen LogP contribution in [0.15, 0.2) is 30.3 Å². The van der Waals surface area contributed by atoms with E-state index in [1.165, 1.54) is 0 Å². The molecule has 0 saturated carbocycles. The van der Waals surface area contributed by atoms with Gasteiger partial charge in [0, 0.05) is 0 Å². The van der Waals surface area contributed by atoms with Crippen LogP contribution in [-0.2, 0) is 0 Å². The Balaban J connectivity index is 0. The number of benzene rings is 1. The first-order valence-corrected chi connectivity index (χ1v) is 2.82. The van der Waals surface area contributed by atoms with Crippen molar-refractivity contribution < 1.29 is 4.52 Å². The van der Waals surface area contributed by atoms with E-state index in [1.54, 1.807) is 0 Å². The van der Waals surface area contributed by atoms with Gasteiger partial charge in [-0.25, -0.2) is 0 Å². The highest BCUT2D eigenvalue weighted by Gasteiger charge is 1.80. The Kier molecular flexibility index (Phi) is 9.06. The van der Waals surface area contributed by atoms with Gasteiger partial charge < -0.3 is 4.52 Å². The molecule has 1 rings (SSSR count). The molecule has 0 aliphatic carbocycles. The Labute approximate surface area is 75.3 Å². The number of halogens is 2. The van der Waals surface area contributed by atoms with E-state index in [0.717, 1.165) is 5.75 Å². The molecule has 0 amide bonds. The van der Waals surface area contributed by atoms with Crippen LogP contribution in [0.4, 0.5) is 0 Å². The van der Waals surface area contributed by atoms with E-state index in [9.17, 15) is 0 Å². The van der Waals surface area contributed by atoms with Gasteiger partial charge in [0.15, 0.2) is 0 Å². The first kappa shape index (κ1) is 12.7. The number of hydrogen-bond acceptors (Lipinski definition) is 1. The summed E-state index contributed by atoms with van der Waals surface area (Å²) in [5.74, 6) is 0.873. The fourth-order valence-corrected chi connectivity index (χ4v) is 0.656. The summed E-state index contributed by atoms with van der Waals surface area (Å²) in [5.41, 5.74) is 0. The van der Waals surface area contributed by atoms with Gasteiger partial charge in [0.2, 0.25) is 0 Å². The molecular weight excluding hydrogens is 190 g/mol. The van der Waals surface area contributed by atoms with E-state index < -0.39 is 0 Å². The Hall–Kier alpha value is 0.0300. The largest absolute Gasteiger partial charge is 0.480 e. The predicted molar refractivity (Wildman–Crippen MR) is 51.3 cm³/mol. The summed E-state index contributed by atoms with van der Waals surface area (Å²) >= 11 is 0. The van der Waals surface area contributed by atoms with Crippen LogP contribution >= 0.6 is 34.3 Å². The third-order valence-corrected chi connectivity index (χ3v) is 1.15. The van der Waals surface area contributed by atoms with E-state index in [4.69, 9.17) is 4.52 Å². The molecule has 1 atom stereocenters. The molecule has 0 bridgehead atoms. The highest BCUT2D eigenvalue weighted by molar-refractivity contribution is 7.10. The number of rotatable bonds is 1. The summed E-state index contributed by atoms with van der Waals surface area (Å²) in [4.78, 5) is 0. The molecule has 0 radical (unpaired) electrons. The molecule has 10 heavy (non-hydrogen) atoms.